The van der Waals surface area contributed by atoms with Crippen LogP contribution in [0.25, 0.3) is 0 Å². The van der Waals surface area contributed by atoms with Gasteiger partial charge in [0.15, 0.2) is 0 Å². The minimum absolute atomic E-state index is 0.0990. The van der Waals surface area contributed by atoms with Crippen molar-refractivity contribution in [2.45, 2.75) is 37.7 Å². The first-order valence-electron chi connectivity index (χ1n) is 6.99. The molecule has 0 atom stereocenters. The minimum atomic E-state index is -3.94. The van der Waals surface area contributed by atoms with Crippen molar-refractivity contribution in [3.05, 3.63) is 28.5 Å². The van der Waals surface area contributed by atoms with Gasteiger partial charge in [0, 0.05) is 23.7 Å². The second kappa shape index (κ2) is 6.60. The predicted molar refractivity (Wildman–Crippen MR) is 79.1 cm³/mol. The number of sulfonamides is 1. The van der Waals surface area contributed by atoms with E-state index in [-0.39, 0.29) is 10.6 Å². The lowest BCUT2D eigenvalue weighted by Gasteiger charge is -2.22. The zero-order valence-electron chi connectivity index (χ0n) is 11.8. The summed E-state index contributed by atoms with van der Waals surface area (Å²) < 4.78 is 40.9. The number of benzene rings is 1. The molecular formula is C14H19ClFNO3S. The molecule has 1 aliphatic carbocycles. The Hall–Kier alpha value is -0.690. The Morgan fingerprint density at radius 3 is 2.62 bits per heavy atom. The van der Waals surface area contributed by atoms with E-state index in [1.807, 2.05) is 6.92 Å². The summed E-state index contributed by atoms with van der Waals surface area (Å²) in [6, 6.07) is 2.35. The molecule has 2 rings (SSSR count). The molecule has 0 radical (unpaired) electrons. The van der Waals surface area contributed by atoms with Crippen molar-refractivity contribution < 1.29 is 17.9 Å². The van der Waals surface area contributed by atoms with Crippen molar-refractivity contribution in [3.63, 3.8) is 0 Å². The van der Waals surface area contributed by atoms with E-state index in [2.05, 4.69) is 0 Å². The van der Waals surface area contributed by atoms with Gasteiger partial charge in [-0.05, 0) is 37.3 Å². The van der Waals surface area contributed by atoms with E-state index in [4.69, 9.17) is 16.7 Å². The maximum atomic E-state index is 14.3. The van der Waals surface area contributed by atoms with Crippen molar-refractivity contribution in [1.29, 1.82) is 0 Å². The van der Waals surface area contributed by atoms with Gasteiger partial charge in [-0.15, -0.1) is 0 Å². The van der Waals surface area contributed by atoms with Crippen LogP contribution < -0.4 is 0 Å². The highest BCUT2D eigenvalue weighted by Crippen LogP contribution is 2.33. The van der Waals surface area contributed by atoms with E-state index in [1.54, 1.807) is 0 Å². The largest absolute Gasteiger partial charge is 0.392 e. The Balaban J connectivity index is 2.43. The molecule has 0 bridgehead atoms. The standard InChI is InChI=1S/C14H19ClFNO3S/c1-2-5-17(8-10-3-4-10)21(19,20)13-7-12(15)6-11(9-18)14(13)16/h6-7,10,18H,2-5,8-9H2,1H3. The zero-order chi connectivity index (χ0) is 15.6. The molecule has 0 heterocycles. The van der Waals surface area contributed by atoms with E-state index < -0.39 is 27.3 Å². The van der Waals surface area contributed by atoms with Gasteiger partial charge in [0.2, 0.25) is 10.0 Å². The van der Waals surface area contributed by atoms with Gasteiger partial charge in [-0.3, -0.25) is 0 Å². The molecule has 0 amide bonds. The fraction of sp³-hybridized carbons (Fsp3) is 0.571. The van der Waals surface area contributed by atoms with Gasteiger partial charge in [0.05, 0.1) is 6.61 Å². The summed E-state index contributed by atoms with van der Waals surface area (Å²) in [7, 11) is -3.94. The lowest BCUT2D eigenvalue weighted by atomic mass is 10.2. The fourth-order valence-corrected chi connectivity index (χ4v) is 4.25. The van der Waals surface area contributed by atoms with Crippen LogP contribution in [-0.4, -0.2) is 30.9 Å². The molecule has 118 valence electrons. The average molecular weight is 336 g/mol. The Bertz CT molecular complexity index is 617. The SMILES string of the molecule is CCCN(CC1CC1)S(=O)(=O)c1cc(Cl)cc(CO)c1F. The molecule has 0 unspecified atom stereocenters. The molecule has 0 spiro atoms. The van der Waals surface area contributed by atoms with Crippen molar-refractivity contribution in [1.82, 2.24) is 4.31 Å². The smallest absolute Gasteiger partial charge is 0.246 e. The summed E-state index contributed by atoms with van der Waals surface area (Å²) in [6.45, 7) is 2.05. The van der Waals surface area contributed by atoms with Crippen LogP contribution in [0.4, 0.5) is 4.39 Å². The Morgan fingerprint density at radius 2 is 2.10 bits per heavy atom. The number of aliphatic hydroxyl groups is 1. The minimum Gasteiger partial charge on any atom is -0.392 e. The maximum Gasteiger partial charge on any atom is 0.246 e. The topological polar surface area (TPSA) is 57.6 Å². The highest BCUT2D eigenvalue weighted by Gasteiger charge is 2.33. The molecule has 1 fully saturated rings. The normalized spacial score (nSPS) is 15.7. The summed E-state index contributed by atoms with van der Waals surface area (Å²) in [4.78, 5) is -0.451. The molecule has 0 aromatic heterocycles. The van der Waals surface area contributed by atoms with Gasteiger partial charge < -0.3 is 5.11 Å². The Kier molecular flexibility index (Phi) is 5.24. The molecule has 21 heavy (non-hydrogen) atoms. The molecule has 0 aliphatic heterocycles. The quantitative estimate of drug-likeness (QED) is 0.833. The highest BCUT2D eigenvalue weighted by atomic mass is 35.5. The molecule has 4 nitrogen and oxygen atoms in total. The second-order valence-electron chi connectivity index (χ2n) is 5.34. The predicted octanol–water partition coefficient (Wildman–Crippen LogP) is 2.78. The van der Waals surface area contributed by atoms with Crippen molar-refractivity contribution in [2.24, 2.45) is 5.92 Å². The Labute approximate surface area is 129 Å². The van der Waals surface area contributed by atoms with Crippen LogP contribution in [0.2, 0.25) is 5.02 Å². The van der Waals surface area contributed by atoms with E-state index in [1.165, 1.54) is 10.4 Å². The molecule has 7 heteroatoms. The van der Waals surface area contributed by atoms with E-state index >= 15 is 0 Å². The first-order chi connectivity index (χ1) is 9.90. The van der Waals surface area contributed by atoms with Gasteiger partial charge >= 0.3 is 0 Å². The first kappa shape index (κ1) is 16.7. The second-order valence-corrected chi connectivity index (χ2v) is 7.68. The van der Waals surface area contributed by atoms with Crippen molar-refractivity contribution >= 4 is 21.6 Å². The van der Waals surface area contributed by atoms with Crippen LogP contribution in [0.3, 0.4) is 0 Å². The first-order valence-corrected chi connectivity index (χ1v) is 8.80. The van der Waals surface area contributed by atoms with Gasteiger partial charge in [-0.1, -0.05) is 18.5 Å². The third-order valence-electron chi connectivity index (χ3n) is 3.50. The molecule has 1 saturated carbocycles. The molecule has 0 saturated heterocycles. The van der Waals surface area contributed by atoms with E-state index in [0.29, 0.717) is 25.4 Å². The molecule has 1 aliphatic rings. The third-order valence-corrected chi connectivity index (χ3v) is 5.58. The highest BCUT2D eigenvalue weighted by molar-refractivity contribution is 7.89. The average Bonchev–Trinajstić information content (AvgIpc) is 3.24. The van der Waals surface area contributed by atoms with Crippen molar-refractivity contribution in [2.75, 3.05) is 13.1 Å². The number of aliphatic hydroxyl groups excluding tert-OH is 1. The molecule has 1 aromatic rings. The lowest BCUT2D eigenvalue weighted by molar-refractivity contribution is 0.274. The van der Waals surface area contributed by atoms with Crippen LogP contribution in [0.1, 0.15) is 31.7 Å². The van der Waals surface area contributed by atoms with Crippen LogP contribution in [0.15, 0.2) is 17.0 Å². The zero-order valence-corrected chi connectivity index (χ0v) is 13.4. The van der Waals surface area contributed by atoms with Gasteiger partial charge in [-0.25, -0.2) is 12.8 Å². The summed E-state index contributed by atoms with van der Waals surface area (Å²) >= 11 is 5.85. The Morgan fingerprint density at radius 1 is 1.43 bits per heavy atom. The van der Waals surface area contributed by atoms with Crippen LogP contribution >= 0.6 is 11.6 Å². The summed E-state index contributed by atoms with van der Waals surface area (Å²) in [5.74, 6) is -0.551. The van der Waals surface area contributed by atoms with E-state index in [0.717, 1.165) is 18.9 Å². The molecule has 1 N–H and O–H groups in total. The third kappa shape index (κ3) is 3.74. The summed E-state index contributed by atoms with van der Waals surface area (Å²) in [5, 5.41) is 9.22. The molecule has 1 aromatic carbocycles. The number of hydrogen-bond acceptors (Lipinski definition) is 3. The lowest BCUT2D eigenvalue weighted by Crippen LogP contribution is -2.34. The van der Waals surface area contributed by atoms with Crippen LogP contribution in [0.5, 0.6) is 0 Å². The number of nitrogens with zero attached hydrogens (tertiary/aromatic N) is 1. The number of rotatable bonds is 7. The summed E-state index contributed by atoms with van der Waals surface area (Å²) in [6.07, 6.45) is 2.67. The van der Waals surface area contributed by atoms with Crippen molar-refractivity contribution in [3.8, 4) is 0 Å². The monoisotopic (exact) mass is 335 g/mol. The van der Waals surface area contributed by atoms with E-state index in [9.17, 15) is 12.8 Å². The fourth-order valence-electron chi connectivity index (χ4n) is 2.21. The number of halogens is 2. The van der Waals surface area contributed by atoms with Gasteiger partial charge in [-0.2, -0.15) is 4.31 Å². The van der Waals surface area contributed by atoms with Crippen LogP contribution in [-0.2, 0) is 16.6 Å². The summed E-state index contributed by atoms with van der Waals surface area (Å²) in [5.41, 5.74) is -0.107. The molecular weight excluding hydrogens is 317 g/mol. The number of hydrogen-bond donors (Lipinski definition) is 1. The van der Waals surface area contributed by atoms with Gasteiger partial charge in [0.25, 0.3) is 0 Å². The maximum absolute atomic E-state index is 14.3. The van der Waals surface area contributed by atoms with Crippen LogP contribution in [0, 0.1) is 11.7 Å². The van der Waals surface area contributed by atoms with Gasteiger partial charge in [0.1, 0.15) is 10.7 Å².